The molecule has 2 aromatic rings. The average Bonchev–Trinajstić information content (AvgIpc) is 3.64. The molecule has 5 rings (SSSR count). The summed E-state index contributed by atoms with van der Waals surface area (Å²) in [6, 6.07) is 8.41. The molecule has 0 saturated heterocycles. The summed E-state index contributed by atoms with van der Waals surface area (Å²) in [5.41, 5.74) is 1.81. The second-order valence-corrected chi connectivity index (χ2v) is 11.2. The molecule has 0 unspecified atom stereocenters. The molecule has 9 nitrogen and oxygen atoms in total. The van der Waals surface area contributed by atoms with E-state index in [-0.39, 0.29) is 42.9 Å². The Morgan fingerprint density at radius 2 is 2.00 bits per heavy atom. The number of halogens is 1. The van der Waals surface area contributed by atoms with Crippen molar-refractivity contribution in [2.75, 3.05) is 26.8 Å². The van der Waals surface area contributed by atoms with E-state index in [1.807, 2.05) is 0 Å². The number of hydrogen-bond acceptors (Lipinski definition) is 7. The van der Waals surface area contributed by atoms with Crippen molar-refractivity contribution < 1.29 is 38.5 Å². The van der Waals surface area contributed by atoms with Crippen molar-refractivity contribution in [3.05, 3.63) is 70.6 Å². The summed E-state index contributed by atoms with van der Waals surface area (Å²) in [6.45, 7) is -0.0627. The SMILES string of the molecule is COc1cc(C=O)cc2c1O[C@@H]1[C@@H](O)[C@H](N(CCc3cccc(F)c3)C(=O)CC3CCCC3)C=C(C(=O)NCCO)[C@H]21. The molecule has 42 heavy (non-hydrogen) atoms. The summed E-state index contributed by atoms with van der Waals surface area (Å²) < 4.78 is 25.7. The van der Waals surface area contributed by atoms with Gasteiger partial charge in [-0.2, -0.15) is 0 Å². The van der Waals surface area contributed by atoms with Crippen molar-refractivity contribution >= 4 is 18.1 Å². The molecule has 2 aromatic carbocycles. The van der Waals surface area contributed by atoms with Gasteiger partial charge >= 0.3 is 0 Å². The number of aliphatic hydroxyl groups excluding tert-OH is 2. The molecule has 0 aromatic heterocycles. The van der Waals surface area contributed by atoms with Crippen LogP contribution in [-0.2, 0) is 16.0 Å². The van der Waals surface area contributed by atoms with E-state index in [1.54, 1.807) is 29.2 Å². The second-order valence-electron chi connectivity index (χ2n) is 11.2. The number of nitrogens with one attached hydrogen (secondary N) is 1. The zero-order valence-electron chi connectivity index (χ0n) is 23.6. The normalized spacial score (nSPS) is 22.9. The Hall–Kier alpha value is -3.76. The van der Waals surface area contributed by atoms with Gasteiger partial charge in [0.25, 0.3) is 0 Å². The first-order chi connectivity index (χ1) is 20.3. The van der Waals surface area contributed by atoms with Crippen molar-refractivity contribution in [1.82, 2.24) is 10.2 Å². The number of aldehydes is 1. The Morgan fingerprint density at radius 3 is 2.69 bits per heavy atom. The number of carbonyl (C=O) groups excluding carboxylic acids is 3. The molecule has 10 heteroatoms. The van der Waals surface area contributed by atoms with E-state index in [0.717, 1.165) is 25.7 Å². The van der Waals surface area contributed by atoms with Crippen LogP contribution in [0.4, 0.5) is 4.39 Å². The molecular formula is C32H37FN2O7. The first-order valence-corrected chi connectivity index (χ1v) is 14.5. The van der Waals surface area contributed by atoms with Gasteiger partial charge in [0.05, 0.1) is 25.7 Å². The van der Waals surface area contributed by atoms with E-state index in [4.69, 9.17) is 9.47 Å². The molecule has 2 aliphatic carbocycles. The Balaban J connectivity index is 1.54. The summed E-state index contributed by atoms with van der Waals surface area (Å²) >= 11 is 0. The highest BCUT2D eigenvalue weighted by atomic mass is 19.1. The summed E-state index contributed by atoms with van der Waals surface area (Å²) in [5, 5.41) is 23.8. The number of ether oxygens (including phenoxy) is 2. The van der Waals surface area contributed by atoms with Crippen LogP contribution in [-0.4, -0.2) is 78.3 Å². The second kappa shape index (κ2) is 13.0. The maximum atomic E-state index is 13.9. The van der Waals surface area contributed by atoms with Crippen molar-refractivity contribution in [2.45, 2.75) is 62.7 Å². The Morgan fingerprint density at radius 1 is 1.21 bits per heavy atom. The lowest BCUT2D eigenvalue weighted by atomic mass is 9.77. The fourth-order valence-electron chi connectivity index (χ4n) is 6.52. The predicted molar refractivity (Wildman–Crippen MR) is 152 cm³/mol. The molecule has 4 atom stereocenters. The molecule has 1 saturated carbocycles. The fourth-order valence-corrected chi connectivity index (χ4v) is 6.52. The van der Waals surface area contributed by atoms with Crippen LogP contribution in [0, 0.1) is 11.7 Å². The number of hydrogen-bond donors (Lipinski definition) is 3. The highest BCUT2D eigenvalue weighted by molar-refractivity contribution is 5.96. The molecule has 3 N–H and O–H groups in total. The smallest absolute Gasteiger partial charge is 0.247 e. The van der Waals surface area contributed by atoms with Crippen LogP contribution < -0.4 is 14.8 Å². The Kier molecular flexibility index (Phi) is 9.23. The Bertz CT molecular complexity index is 1360. The highest BCUT2D eigenvalue weighted by Gasteiger charge is 2.51. The van der Waals surface area contributed by atoms with Gasteiger partial charge in [-0.05, 0) is 61.1 Å². The number of nitrogens with zero attached hydrogens (tertiary/aromatic N) is 1. The summed E-state index contributed by atoms with van der Waals surface area (Å²) in [7, 11) is 1.44. The van der Waals surface area contributed by atoms with Gasteiger partial charge in [0.15, 0.2) is 11.5 Å². The topological polar surface area (TPSA) is 125 Å². The molecule has 224 valence electrons. The van der Waals surface area contributed by atoms with E-state index in [2.05, 4.69) is 5.32 Å². The molecular weight excluding hydrogens is 543 g/mol. The number of carbonyl (C=O) groups is 3. The highest BCUT2D eigenvalue weighted by Crippen LogP contribution is 2.51. The lowest BCUT2D eigenvalue weighted by Gasteiger charge is -2.41. The third-order valence-electron chi connectivity index (χ3n) is 8.56. The average molecular weight is 581 g/mol. The summed E-state index contributed by atoms with van der Waals surface area (Å²) in [5.74, 6) is -0.879. The maximum Gasteiger partial charge on any atom is 0.247 e. The number of methoxy groups -OCH3 is 1. The van der Waals surface area contributed by atoms with E-state index >= 15 is 0 Å². The molecule has 0 radical (unpaired) electrons. The minimum atomic E-state index is -1.22. The lowest BCUT2D eigenvalue weighted by Crippen LogP contribution is -2.56. The monoisotopic (exact) mass is 580 g/mol. The quantitative estimate of drug-likeness (QED) is 0.349. The van der Waals surface area contributed by atoms with Gasteiger partial charge in [0.2, 0.25) is 11.8 Å². The van der Waals surface area contributed by atoms with E-state index < -0.39 is 30.1 Å². The molecule has 1 aliphatic heterocycles. The lowest BCUT2D eigenvalue weighted by molar-refractivity contribution is -0.138. The van der Waals surface area contributed by atoms with Crippen LogP contribution >= 0.6 is 0 Å². The summed E-state index contributed by atoms with van der Waals surface area (Å²) in [4.78, 5) is 40.6. The van der Waals surface area contributed by atoms with Crippen LogP contribution in [0.25, 0.3) is 0 Å². The first-order valence-electron chi connectivity index (χ1n) is 14.5. The van der Waals surface area contributed by atoms with Crippen molar-refractivity contribution in [2.24, 2.45) is 5.92 Å². The number of benzene rings is 2. The maximum absolute atomic E-state index is 13.9. The third-order valence-corrected chi connectivity index (χ3v) is 8.56. The van der Waals surface area contributed by atoms with Gasteiger partial charge < -0.3 is 29.9 Å². The fraction of sp³-hybridized carbons (Fsp3) is 0.469. The van der Waals surface area contributed by atoms with Crippen LogP contribution in [0.15, 0.2) is 48.0 Å². The van der Waals surface area contributed by atoms with Crippen molar-refractivity contribution in [1.29, 1.82) is 0 Å². The molecule has 1 heterocycles. The van der Waals surface area contributed by atoms with Gasteiger partial charge in [0.1, 0.15) is 24.3 Å². The van der Waals surface area contributed by atoms with E-state index in [9.17, 15) is 29.0 Å². The third kappa shape index (κ3) is 6.05. The predicted octanol–water partition coefficient (Wildman–Crippen LogP) is 2.92. The largest absolute Gasteiger partial charge is 0.493 e. The standard InChI is InChI=1S/C32H37FN2O7/c1-41-26-15-21(18-37)14-23-28-24(32(40)34-10-12-36)17-25(29(39)31(28)42-30(23)26)35(27(38)16-19-5-2-3-6-19)11-9-20-7-4-8-22(33)13-20/h4,7-8,13-15,17-19,25,28-29,31,36,39H,2-3,5-6,9-12,16H2,1H3,(H,34,40)/t25-,28+,29+,31+/m1/s1. The zero-order valence-corrected chi connectivity index (χ0v) is 23.6. The van der Waals surface area contributed by atoms with Crippen LogP contribution in [0.5, 0.6) is 11.5 Å². The first kappa shape index (κ1) is 29.7. The minimum absolute atomic E-state index is 0.0100. The number of fused-ring (bicyclic) bond motifs is 3. The van der Waals surface area contributed by atoms with Gasteiger partial charge in [-0.15, -0.1) is 0 Å². The van der Waals surface area contributed by atoms with Gasteiger partial charge in [0, 0.05) is 36.2 Å². The molecule has 1 fully saturated rings. The molecule has 0 bridgehead atoms. The number of aliphatic hydroxyl groups is 2. The summed E-state index contributed by atoms with van der Waals surface area (Å²) in [6.07, 6.45) is 4.84. The molecule has 2 amide bonds. The van der Waals surface area contributed by atoms with Crippen molar-refractivity contribution in [3.8, 4) is 11.5 Å². The van der Waals surface area contributed by atoms with Crippen LogP contribution in [0.1, 0.15) is 59.5 Å². The molecule has 0 spiro atoms. The van der Waals surface area contributed by atoms with Crippen LogP contribution in [0.3, 0.4) is 0 Å². The van der Waals surface area contributed by atoms with E-state index in [1.165, 1.54) is 25.3 Å². The van der Waals surface area contributed by atoms with Crippen molar-refractivity contribution in [3.63, 3.8) is 0 Å². The number of amides is 2. The van der Waals surface area contributed by atoms with Gasteiger partial charge in [-0.3, -0.25) is 14.4 Å². The van der Waals surface area contributed by atoms with Gasteiger partial charge in [-0.1, -0.05) is 25.0 Å². The zero-order chi connectivity index (χ0) is 29.8. The molecule has 3 aliphatic rings. The van der Waals surface area contributed by atoms with E-state index in [0.29, 0.717) is 47.3 Å². The Labute approximate surface area is 244 Å². The van der Waals surface area contributed by atoms with Gasteiger partial charge in [-0.25, -0.2) is 4.39 Å². The minimum Gasteiger partial charge on any atom is -0.493 e. The van der Waals surface area contributed by atoms with Crippen LogP contribution in [0.2, 0.25) is 0 Å². The number of rotatable bonds is 11.